The summed E-state index contributed by atoms with van der Waals surface area (Å²) in [6.45, 7) is 0.452. The Morgan fingerprint density at radius 2 is 2.12 bits per heavy atom. The number of hydrogen-bond acceptors (Lipinski definition) is 5. The molecule has 5 nitrogen and oxygen atoms in total. The number of fused-ring (bicyclic) bond motifs is 1. The van der Waals surface area contributed by atoms with Gasteiger partial charge in [0.05, 0.1) is 29.6 Å². The van der Waals surface area contributed by atoms with Crippen molar-refractivity contribution >= 4 is 32.6 Å². The van der Waals surface area contributed by atoms with Gasteiger partial charge >= 0.3 is 0 Å². The maximum absolute atomic E-state index is 13.2. The lowest BCUT2D eigenvalue weighted by atomic mass is 10.1. The molecule has 0 N–H and O–H groups in total. The Morgan fingerprint density at radius 1 is 1.27 bits per heavy atom. The number of rotatable bonds is 5. The zero-order valence-electron chi connectivity index (χ0n) is 14.7. The first-order valence-electron chi connectivity index (χ1n) is 8.90. The molecule has 6 heteroatoms. The highest BCUT2D eigenvalue weighted by atomic mass is 32.1. The fraction of sp³-hybridized carbons (Fsp3) is 0.350. The van der Waals surface area contributed by atoms with Crippen LogP contribution in [0.4, 0.5) is 5.13 Å². The molecule has 0 atom stereocenters. The molecule has 0 bridgehead atoms. The predicted molar refractivity (Wildman–Crippen MR) is 104 cm³/mol. The second-order valence-electron chi connectivity index (χ2n) is 6.56. The Kier molecular flexibility index (Phi) is 4.84. The minimum Gasteiger partial charge on any atom is -0.497 e. The van der Waals surface area contributed by atoms with Gasteiger partial charge in [-0.2, -0.15) is 0 Å². The van der Waals surface area contributed by atoms with Crippen molar-refractivity contribution in [3.63, 3.8) is 0 Å². The number of carbonyl (C=O) groups excluding carboxylic acids is 1. The standard InChI is InChI=1S/C20H21N3O2S/c1-25-16-9-10-17-18(12-16)26-20(22-17)23(13-15-8-4-5-11-21-15)19(24)14-6-2-3-7-14/h4-5,8-12,14H,2-3,6-7,13H2,1H3. The van der Waals surface area contributed by atoms with Crippen LogP contribution in [0.5, 0.6) is 5.75 Å². The summed E-state index contributed by atoms with van der Waals surface area (Å²) in [6, 6.07) is 11.6. The fourth-order valence-electron chi connectivity index (χ4n) is 3.42. The van der Waals surface area contributed by atoms with Crippen molar-refractivity contribution < 1.29 is 9.53 Å². The topological polar surface area (TPSA) is 55.3 Å². The summed E-state index contributed by atoms with van der Waals surface area (Å²) in [7, 11) is 1.65. The summed E-state index contributed by atoms with van der Waals surface area (Å²) in [4.78, 5) is 24.1. The van der Waals surface area contributed by atoms with E-state index in [1.54, 1.807) is 13.3 Å². The number of methoxy groups -OCH3 is 1. The smallest absolute Gasteiger partial charge is 0.232 e. The molecule has 1 fully saturated rings. The Labute approximate surface area is 156 Å². The van der Waals surface area contributed by atoms with E-state index in [0.717, 1.165) is 52.5 Å². The second-order valence-corrected chi connectivity index (χ2v) is 7.57. The Balaban J connectivity index is 1.70. The van der Waals surface area contributed by atoms with Crippen LogP contribution in [-0.2, 0) is 11.3 Å². The van der Waals surface area contributed by atoms with E-state index < -0.39 is 0 Å². The van der Waals surface area contributed by atoms with Crippen molar-refractivity contribution in [2.45, 2.75) is 32.2 Å². The molecule has 2 heterocycles. The summed E-state index contributed by atoms with van der Waals surface area (Å²) >= 11 is 1.53. The van der Waals surface area contributed by atoms with Gasteiger partial charge in [-0.3, -0.25) is 14.7 Å². The van der Waals surface area contributed by atoms with E-state index >= 15 is 0 Å². The largest absolute Gasteiger partial charge is 0.497 e. The van der Waals surface area contributed by atoms with Crippen LogP contribution in [0.25, 0.3) is 10.2 Å². The molecular formula is C20H21N3O2S. The third kappa shape index (κ3) is 3.42. The number of hydrogen-bond donors (Lipinski definition) is 0. The molecule has 0 radical (unpaired) electrons. The van der Waals surface area contributed by atoms with Crippen molar-refractivity contribution in [3.8, 4) is 5.75 Å². The van der Waals surface area contributed by atoms with Crippen molar-refractivity contribution in [2.24, 2.45) is 5.92 Å². The van der Waals surface area contributed by atoms with Gasteiger partial charge in [-0.05, 0) is 43.2 Å². The van der Waals surface area contributed by atoms with Crippen LogP contribution in [0.15, 0.2) is 42.6 Å². The number of anilines is 1. The van der Waals surface area contributed by atoms with Crippen LogP contribution >= 0.6 is 11.3 Å². The molecule has 3 aromatic rings. The number of nitrogens with zero attached hydrogens (tertiary/aromatic N) is 3. The van der Waals surface area contributed by atoms with E-state index in [2.05, 4.69) is 4.98 Å². The van der Waals surface area contributed by atoms with Crippen LogP contribution in [0, 0.1) is 5.92 Å². The van der Waals surface area contributed by atoms with Gasteiger partial charge in [-0.1, -0.05) is 30.2 Å². The van der Waals surface area contributed by atoms with Crippen LogP contribution in [0.1, 0.15) is 31.4 Å². The molecule has 1 aromatic carbocycles. The molecule has 0 spiro atoms. The van der Waals surface area contributed by atoms with Crippen LogP contribution in [-0.4, -0.2) is 23.0 Å². The first-order valence-corrected chi connectivity index (χ1v) is 9.72. The lowest BCUT2D eigenvalue weighted by Crippen LogP contribution is -2.35. The fourth-order valence-corrected chi connectivity index (χ4v) is 4.42. The number of carbonyl (C=O) groups is 1. The normalized spacial score (nSPS) is 14.7. The lowest BCUT2D eigenvalue weighted by Gasteiger charge is -2.22. The van der Waals surface area contributed by atoms with E-state index in [1.165, 1.54) is 11.3 Å². The van der Waals surface area contributed by atoms with Gasteiger partial charge in [-0.25, -0.2) is 4.98 Å². The molecule has 4 rings (SSSR count). The van der Waals surface area contributed by atoms with Gasteiger partial charge in [0, 0.05) is 12.1 Å². The van der Waals surface area contributed by atoms with Gasteiger partial charge in [-0.15, -0.1) is 0 Å². The quantitative estimate of drug-likeness (QED) is 0.670. The van der Waals surface area contributed by atoms with Crippen LogP contribution < -0.4 is 9.64 Å². The summed E-state index contributed by atoms with van der Waals surface area (Å²) in [6.07, 6.45) is 5.96. The first-order chi connectivity index (χ1) is 12.7. The molecule has 2 aromatic heterocycles. The highest BCUT2D eigenvalue weighted by Crippen LogP contribution is 2.35. The average molecular weight is 367 g/mol. The highest BCUT2D eigenvalue weighted by Gasteiger charge is 2.30. The number of amides is 1. The number of pyridine rings is 1. The van der Waals surface area contributed by atoms with E-state index in [1.807, 2.05) is 41.3 Å². The summed E-state index contributed by atoms with van der Waals surface area (Å²) in [5, 5.41) is 0.732. The third-order valence-electron chi connectivity index (χ3n) is 4.83. The maximum atomic E-state index is 13.2. The predicted octanol–water partition coefficient (Wildman–Crippen LogP) is 4.42. The number of benzene rings is 1. The number of aromatic nitrogens is 2. The van der Waals surface area contributed by atoms with E-state index in [-0.39, 0.29) is 11.8 Å². The zero-order valence-corrected chi connectivity index (χ0v) is 15.5. The van der Waals surface area contributed by atoms with Crippen molar-refractivity contribution in [1.29, 1.82) is 0 Å². The Morgan fingerprint density at radius 3 is 2.85 bits per heavy atom. The van der Waals surface area contributed by atoms with Gasteiger partial charge < -0.3 is 4.74 Å². The monoisotopic (exact) mass is 367 g/mol. The van der Waals surface area contributed by atoms with E-state index in [0.29, 0.717) is 6.54 Å². The average Bonchev–Trinajstić information content (AvgIpc) is 3.35. The first kappa shape index (κ1) is 17.0. The molecular weight excluding hydrogens is 346 g/mol. The minimum atomic E-state index is 0.0975. The molecule has 0 saturated heterocycles. The van der Waals surface area contributed by atoms with Crippen molar-refractivity contribution in [2.75, 3.05) is 12.0 Å². The van der Waals surface area contributed by atoms with E-state index in [9.17, 15) is 4.79 Å². The minimum absolute atomic E-state index is 0.0975. The maximum Gasteiger partial charge on any atom is 0.232 e. The highest BCUT2D eigenvalue weighted by molar-refractivity contribution is 7.22. The van der Waals surface area contributed by atoms with Gasteiger partial charge in [0.1, 0.15) is 5.75 Å². The van der Waals surface area contributed by atoms with Gasteiger partial charge in [0.2, 0.25) is 5.91 Å². The molecule has 1 aliphatic rings. The summed E-state index contributed by atoms with van der Waals surface area (Å²) in [5.41, 5.74) is 1.76. The van der Waals surface area contributed by atoms with Crippen LogP contribution in [0.2, 0.25) is 0 Å². The number of thiazole rings is 1. The Hall–Kier alpha value is -2.47. The molecule has 0 unspecified atom stereocenters. The zero-order chi connectivity index (χ0) is 17.9. The SMILES string of the molecule is COc1ccc2nc(N(Cc3ccccn3)C(=O)C3CCCC3)sc2c1. The Bertz CT molecular complexity index is 904. The van der Waals surface area contributed by atoms with Crippen molar-refractivity contribution in [3.05, 3.63) is 48.3 Å². The molecule has 1 aliphatic carbocycles. The molecule has 26 heavy (non-hydrogen) atoms. The molecule has 0 aliphatic heterocycles. The van der Waals surface area contributed by atoms with Gasteiger partial charge in [0.25, 0.3) is 0 Å². The van der Waals surface area contributed by atoms with E-state index in [4.69, 9.17) is 9.72 Å². The van der Waals surface area contributed by atoms with Crippen molar-refractivity contribution in [1.82, 2.24) is 9.97 Å². The lowest BCUT2D eigenvalue weighted by molar-refractivity contribution is -0.122. The summed E-state index contributed by atoms with van der Waals surface area (Å²) < 4.78 is 6.32. The summed E-state index contributed by atoms with van der Waals surface area (Å²) in [5.74, 6) is 1.06. The molecule has 134 valence electrons. The third-order valence-corrected chi connectivity index (χ3v) is 5.87. The molecule has 1 saturated carbocycles. The number of ether oxygens (including phenoxy) is 1. The second kappa shape index (κ2) is 7.41. The van der Waals surface area contributed by atoms with Crippen LogP contribution in [0.3, 0.4) is 0 Å². The molecule has 1 amide bonds. The van der Waals surface area contributed by atoms with Gasteiger partial charge in [0.15, 0.2) is 5.13 Å².